The number of hydroxylamine groups is 2. The van der Waals surface area contributed by atoms with E-state index in [1.807, 2.05) is 11.0 Å². The summed E-state index contributed by atoms with van der Waals surface area (Å²) >= 11 is 1.78. The fourth-order valence-corrected chi connectivity index (χ4v) is 6.44. The first kappa shape index (κ1) is 30.3. The fraction of sp³-hybridized carbons (Fsp3) is 0.759. The molecule has 0 radical (unpaired) electrons. The molecule has 2 heterocycles. The van der Waals surface area contributed by atoms with E-state index >= 15 is 0 Å². The van der Waals surface area contributed by atoms with Gasteiger partial charge in [-0.3, -0.25) is 14.5 Å². The number of fused-ring (bicyclic) bond motifs is 1. The Hall–Kier alpha value is -0.910. The summed E-state index contributed by atoms with van der Waals surface area (Å²) in [5.41, 5.74) is 0. The summed E-state index contributed by atoms with van der Waals surface area (Å²) in [7, 11) is 0. The van der Waals surface area contributed by atoms with Gasteiger partial charge < -0.3 is 12.4 Å². The predicted octanol–water partition coefficient (Wildman–Crippen LogP) is 5.66. The van der Waals surface area contributed by atoms with Gasteiger partial charge >= 0.3 is 0 Å². The van der Waals surface area contributed by atoms with Crippen molar-refractivity contribution in [1.82, 2.24) is 4.90 Å². The third-order valence-electron chi connectivity index (χ3n) is 7.29. The lowest BCUT2D eigenvalue weighted by molar-refractivity contribution is -0.969. The Kier molecular flexibility index (Phi) is 15.2. The van der Waals surface area contributed by atoms with Crippen LogP contribution in [0.1, 0.15) is 122 Å². The van der Waals surface area contributed by atoms with Gasteiger partial charge in [0.05, 0.1) is 0 Å². The molecule has 0 spiro atoms. The zero-order valence-corrected chi connectivity index (χ0v) is 23.7. The first-order chi connectivity index (χ1) is 16.7. The van der Waals surface area contributed by atoms with E-state index < -0.39 is 0 Å². The number of para-hydroxylation sites is 1. The Balaban J connectivity index is 0.00000432. The molecule has 35 heavy (non-hydrogen) atoms. The normalized spacial score (nSPS) is 19.0. The second kappa shape index (κ2) is 17.5. The van der Waals surface area contributed by atoms with Gasteiger partial charge in [-0.15, -0.1) is 0 Å². The number of rotatable bonds is 19. The second-order valence-corrected chi connectivity index (χ2v) is 11.7. The van der Waals surface area contributed by atoms with Gasteiger partial charge in [0.15, 0.2) is 11.9 Å². The summed E-state index contributed by atoms with van der Waals surface area (Å²) < 4.78 is 0.490. The largest absolute Gasteiger partial charge is 1.00 e. The van der Waals surface area contributed by atoms with Crippen LogP contribution in [0.5, 0.6) is 5.75 Å². The van der Waals surface area contributed by atoms with Gasteiger partial charge in [-0.25, -0.2) is 0 Å². The van der Waals surface area contributed by atoms with Crippen molar-refractivity contribution in [3.63, 3.8) is 0 Å². The smallest absolute Gasteiger partial charge is 0.227 e. The number of carbonyl (C=O) groups is 1. The highest BCUT2D eigenvalue weighted by Crippen LogP contribution is 2.46. The molecule has 4 nitrogen and oxygen atoms in total. The molecule has 6 heteroatoms. The Morgan fingerprint density at radius 1 is 0.829 bits per heavy atom. The number of unbranched alkanes of at least 4 members (excludes halogenated alkanes) is 15. The van der Waals surface area contributed by atoms with E-state index in [2.05, 4.69) is 25.1 Å². The molecule has 1 saturated heterocycles. The SMILES string of the molecule is CCCCCCCCCCCCCCCCCC[N+]1(CN2CCCC2=O)Oc2ccccc2S1.[Cl-]. The molecule has 1 fully saturated rings. The van der Waals surface area contributed by atoms with Crippen LogP contribution in [-0.2, 0) is 4.79 Å². The Labute approximate surface area is 225 Å². The van der Waals surface area contributed by atoms with Crippen molar-refractivity contribution in [3.05, 3.63) is 24.3 Å². The van der Waals surface area contributed by atoms with Gasteiger partial charge in [0, 0.05) is 19.4 Å². The summed E-state index contributed by atoms with van der Waals surface area (Å²) in [6.45, 7) is 4.79. The van der Waals surface area contributed by atoms with E-state index in [0.29, 0.717) is 17.1 Å². The number of benzene rings is 1. The highest BCUT2D eigenvalue weighted by atomic mass is 35.5. The fourth-order valence-electron chi connectivity index (χ4n) is 5.21. The third-order valence-corrected chi connectivity index (χ3v) is 8.53. The van der Waals surface area contributed by atoms with Gasteiger partial charge in [0.25, 0.3) is 0 Å². The average molecular weight is 525 g/mol. The molecule has 200 valence electrons. The van der Waals surface area contributed by atoms with Crippen LogP contribution in [0.25, 0.3) is 0 Å². The van der Waals surface area contributed by atoms with E-state index in [1.54, 1.807) is 11.9 Å². The molecule has 0 bridgehead atoms. The molecular formula is C29H49ClN2O2S. The lowest BCUT2D eigenvalue weighted by atomic mass is 10.0. The van der Waals surface area contributed by atoms with Crippen LogP contribution >= 0.6 is 11.9 Å². The quantitative estimate of drug-likeness (QED) is 0.133. The number of quaternary nitrogens is 1. The molecular weight excluding hydrogens is 476 g/mol. The van der Waals surface area contributed by atoms with Crippen LogP contribution in [-0.4, -0.2) is 34.6 Å². The lowest BCUT2D eigenvalue weighted by Crippen LogP contribution is -3.00. The molecule has 1 unspecified atom stereocenters. The maximum atomic E-state index is 12.3. The van der Waals surface area contributed by atoms with Crippen LogP contribution in [0, 0.1) is 0 Å². The van der Waals surface area contributed by atoms with Gasteiger partial charge in [-0.1, -0.05) is 113 Å². The van der Waals surface area contributed by atoms with E-state index in [-0.39, 0.29) is 18.3 Å². The van der Waals surface area contributed by atoms with Crippen molar-refractivity contribution in [2.75, 3.05) is 19.8 Å². The first-order valence-electron chi connectivity index (χ1n) is 14.4. The molecule has 1 atom stereocenters. The first-order valence-corrected chi connectivity index (χ1v) is 15.1. The maximum Gasteiger partial charge on any atom is 0.227 e. The van der Waals surface area contributed by atoms with E-state index in [0.717, 1.165) is 31.7 Å². The molecule has 0 saturated carbocycles. The van der Waals surface area contributed by atoms with Crippen molar-refractivity contribution >= 4 is 17.9 Å². The predicted molar refractivity (Wildman–Crippen MR) is 143 cm³/mol. The van der Waals surface area contributed by atoms with Crippen LogP contribution < -0.4 is 17.2 Å². The van der Waals surface area contributed by atoms with Crippen LogP contribution in [0.15, 0.2) is 29.2 Å². The van der Waals surface area contributed by atoms with Crippen LogP contribution in [0.4, 0.5) is 0 Å². The van der Waals surface area contributed by atoms with Crippen molar-refractivity contribution in [2.45, 2.75) is 127 Å². The van der Waals surface area contributed by atoms with E-state index in [1.165, 1.54) is 101 Å². The molecule has 3 rings (SSSR count). The highest BCUT2D eigenvalue weighted by Gasteiger charge is 2.44. The minimum atomic E-state index is 0. The molecule has 2 aliphatic rings. The van der Waals surface area contributed by atoms with E-state index in [9.17, 15) is 4.79 Å². The average Bonchev–Trinajstić information content (AvgIpc) is 3.41. The van der Waals surface area contributed by atoms with Crippen LogP contribution in [0.3, 0.4) is 0 Å². The zero-order valence-electron chi connectivity index (χ0n) is 22.2. The number of halogens is 1. The zero-order chi connectivity index (χ0) is 23.9. The van der Waals surface area contributed by atoms with Crippen molar-refractivity contribution in [3.8, 4) is 5.75 Å². The summed E-state index contributed by atoms with van der Waals surface area (Å²) in [5, 5.41) is 0. The molecule has 0 N–H and O–H groups in total. The number of nitrogens with zero attached hydrogens (tertiary/aromatic N) is 2. The minimum absolute atomic E-state index is 0. The number of likely N-dealkylation sites (tertiary alicyclic amines) is 1. The van der Waals surface area contributed by atoms with Crippen LogP contribution in [0.2, 0.25) is 0 Å². The Bertz CT molecular complexity index is 693. The Morgan fingerprint density at radius 2 is 1.37 bits per heavy atom. The molecule has 0 aromatic heterocycles. The molecule has 2 aliphatic heterocycles. The van der Waals surface area contributed by atoms with Gasteiger partial charge in [0.2, 0.25) is 18.3 Å². The number of hydrogen-bond donors (Lipinski definition) is 0. The summed E-state index contributed by atoms with van der Waals surface area (Å²) in [6, 6.07) is 8.31. The topological polar surface area (TPSA) is 29.5 Å². The minimum Gasteiger partial charge on any atom is -1.00 e. The van der Waals surface area contributed by atoms with Gasteiger partial charge in [-0.05, 0) is 25.0 Å². The Morgan fingerprint density at radius 3 is 1.89 bits per heavy atom. The second-order valence-electron chi connectivity index (χ2n) is 10.4. The molecule has 0 aliphatic carbocycles. The molecule has 1 aromatic carbocycles. The number of carbonyl (C=O) groups excluding carboxylic acids is 1. The highest BCUT2D eigenvalue weighted by molar-refractivity contribution is 7.94. The standard InChI is InChI=1S/C29H49N2O2S.ClH/c1-2-3-4-5-6-7-8-9-10-11-12-13-14-15-16-19-25-31(26-30-24-20-23-29(30)32)33-27-21-17-18-22-28(27)34-31;/h17-18,21-22H,2-16,19-20,23-26H2,1H3;1H/q+1;/p-1. The van der Waals surface area contributed by atoms with Crippen molar-refractivity contribution in [2.24, 2.45) is 0 Å². The number of amides is 1. The lowest BCUT2D eigenvalue weighted by Gasteiger charge is -2.31. The summed E-state index contributed by atoms with van der Waals surface area (Å²) in [5.74, 6) is 1.25. The maximum absolute atomic E-state index is 12.3. The van der Waals surface area contributed by atoms with Gasteiger partial charge in [0.1, 0.15) is 11.4 Å². The monoisotopic (exact) mass is 524 g/mol. The molecule has 1 amide bonds. The van der Waals surface area contributed by atoms with Crippen molar-refractivity contribution < 1.29 is 26.1 Å². The van der Waals surface area contributed by atoms with Crippen molar-refractivity contribution in [1.29, 1.82) is 0 Å². The summed E-state index contributed by atoms with van der Waals surface area (Å²) in [4.78, 5) is 21.9. The molecule has 1 aromatic rings. The van der Waals surface area contributed by atoms with Gasteiger partial charge in [-0.2, -0.15) is 0 Å². The van der Waals surface area contributed by atoms with E-state index in [4.69, 9.17) is 4.84 Å². The number of hydrogen-bond acceptors (Lipinski definition) is 3. The summed E-state index contributed by atoms with van der Waals surface area (Å²) in [6.07, 6.45) is 23.8. The third kappa shape index (κ3) is 10.9.